The molecule has 0 saturated heterocycles. The van der Waals surface area contributed by atoms with Crippen LogP contribution in [0.4, 0.5) is 0 Å². The van der Waals surface area contributed by atoms with Crippen LogP contribution in [0, 0.1) is 6.92 Å². The first-order valence-electron chi connectivity index (χ1n) is 6.09. The van der Waals surface area contributed by atoms with Crippen molar-refractivity contribution in [2.45, 2.75) is 45.6 Å². The lowest BCUT2D eigenvalue weighted by molar-refractivity contribution is 0.411. The quantitative estimate of drug-likeness (QED) is 0.745. The van der Waals surface area contributed by atoms with E-state index in [2.05, 4.69) is 26.0 Å². The van der Waals surface area contributed by atoms with Gasteiger partial charge in [-0.1, -0.05) is 38.3 Å². The average Bonchev–Trinajstić information content (AvgIpc) is 2.29. The summed E-state index contributed by atoms with van der Waals surface area (Å²) in [6, 6.07) is 6.37. The predicted octanol–water partition coefficient (Wildman–Crippen LogP) is 3.58. The van der Waals surface area contributed by atoms with Crippen LogP contribution in [0.2, 0.25) is 0 Å². The van der Waals surface area contributed by atoms with Crippen LogP contribution in [-0.2, 0) is 0 Å². The predicted molar refractivity (Wildman–Crippen MR) is 68.8 cm³/mol. The van der Waals surface area contributed by atoms with Crippen molar-refractivity contribution in [1.82, 2.24) is 0 Å². The van der Waals surface area contributed by atoms with Crippen molar-refractivity contribution in [2.24, 2.45) is 5.73 Å². The first-order chi connectivity index (χ1) is 7.69. The molecular weight excluding hydrogens is 198 g/mol. The summed E-state index contributed by atoms with van der Waals surface area (Å²) in [5.74, 6) is 0.935. The van der Waals surface area contributed by atoms with Gasteiger partial charge in [0.15, 0.2) is 0 Å². The fraction of sp³-hybridized carbons (Fsp3) is 0.571. The van der Waals surface area contributed by atoms with Crippen molar-refractivity contribution >= 4 is 0 Å². The molecule has 0 bridgehead atoms. The van der Waals surface area contributed by atoms with Crippen molar-refractivity contribution in [1.29, 1.82) is 0 Å². The second-order valence-corrected chi connectivity index (χ2v) is 4.33. The molecular formula is C14H23NO. The minimum atomic E-state index is 0.163. The van der Waals surface area contributed by atoms with Gasteiger partial charge in [-0.15, -0.1) is 0 Å². The topological polar surface area (TPSA) is 35.2 Å². The van der Waals surface area contributed by atoms with Crippen LogP contribution in [0.25, 0.3) is 0 Å². The Morgan fingerprint density at radius 3 is 2.62 bits per heavy atom. The molecule has 0 aliphatic carbocycles. The number of rotatable bonds is 6. The molecule has 1 atom stereocenters. The van der Waals surface area contributed by atoms with Gasteiger partial charge in [-0.25, -0.2) is 0 Å². The number of hydrogen-bond acceptors (Lipinski definition) is 2. The summed E-state index contributed by atoms with van der Waals surface area (Å²) in [5, 5.41) is 0. The maximum atomic E-state index is 6.16. The zero-order valence-electron chi connectivity index (χ0n) is 10.6. The van der Waals surface area contributed by atoms with Gasteiger partial charge in [-0.2, -0.15) is 0 Å². The zero-order valence-corrected chi connectivity index (χ0v) is 10.6. The third kappa shape index (κ3) is 3.53. The van der Waals surface area contributed by atoms with Crippen molar-refractivity contribution in [3.63, 3.8) is 0 Å². The number of aryl methyl sites for hydroxylation is 1. The molecule has 0 spiro atoms. The van der Waals surface area contributed by atoms with E-state index in [-0.39, 0.29) is 6.04 Å². The van der Waals surface area contributed by atoms with Gasteiger partial charge in [-0.05, 0) is 30.5 Å². The minimum absolute atomic E-state index is 0.163. The number of unbranched alkanes of at least 4 members (excludes halogenated alkanes) is 2. The standard InChI is InChI=1S/C14H23NO/c1-4-5-6-7-13(15)12-8-9-14(16-3)11(2)10-12/h8-10,13H,4-7,15H2,1-3H3. The van der Waals surface area contributed by atoms with Crippen LogP contribution in [0.15, 0.2) is 18.2 Å². The molecule has 0 aromatic heterocycles. The maximum absolute atomic E-state index is 6.16. The van der Waals surface area contributed by atoms with Crippen molar-refractivity contribution < 1.29 is 4.74 Å². The Kier molecular flexibility index (Phi) is 5.33. The Morgan fingerprint density at radius 1 is 1.31 bits per heavy atom. The van der Waals surface area contributed by atoms with E-state index in [9.17, 15) is 0 Å². The van der Waals surface area contributed by atoms with Gasteiger partial charge in [0.1, 0.15) is 5.75 Å². The highest BCUT2D eigenvalue weighted by molar-refractivity contribution is 5.37. The van der Waals surface area contributed by atoms with E-state index >= 15 is 0 Å². The summed E-state index contributed by atoms with van der Waals surface area (Å²) >= 11 is 0. The highest BCUT2D eigenvalue weighted by Crippen LogP contribution is 2.24. The van der Waals surface area contributed by atoms with E-state index in [1.807, 2.05) is 6.07 Å². The number of ether oxygens (including phenoxy) is 1. The number of benzene rings is 1. The average molecular weight is 221 g/mol. The number of nitrogens with two attached hydrogens (primary N) is 1. The lowest BCUT2D eigenvalue weighted by Gasteiger charge is -2.14. The lowest BCUT2D eigenvalue weighted by atomic mass is 9.99. The first kappa shape index (κ1) is 13.0. The van der Waals surface area contributed by atoms with Gasteiger partial charge < -0.3 is 10.5 Å². The van der Waals surface area contributed by atoms with Crippen LogP contribution in [-0.4, -0.2) is 7.11 Å². The second-order valence-electron chi connectivity index (χ2n) is 4.33. The largest absolute Gasteiger partial charge is 0.496 e. The van der Waals surface area contributed by atoms with Gasteiger partial charge in [-0.3, -0.25) is 0 Å². The Hall–Kier alpha value is -1.02. The number of methoxy groups -OCH3 is 1. The Labute approximate surface area is 98.8 Å². The fourth-order valence-electron chi connectivity index (χ4n) is 1.91. The van der Waals surface area contributed by atoms with Crippen molar-refractivity contribution in [2.75, 3.05) is 7.11 Å². The van der Waals surface area contributed by atoms with Crippen LogP contribution >= 0.6 is 0 Å². The highest BCUT2D eigenvalue weighted by Gasteiger charge is 2.07. The van der Waals surface area contributed by atoms with E-state index < -0.39 is 0 Å². The van der Waals surface area contributed by atoms with E-state index in [0.29, 0.717) is 0 Å². The molecule has 0 amide bonds. The molecule has 0 saturated carbocycles. The highest BCUT2D eigenvalue weighted by atomic mass is 16.5. The zero-order chi connectivity index (χ0) is 12.0. The molecule has 1 rings (SSSR count). The third-order valence-electron chi connectivity index (χ3n) is 2.97. The Morgan fingerprint density at radius 2 is 2.06 bits per heavy atom. The van der Waals surface area contributed by atoms with Gasteiger partial charge in [0, 0.05) is 6.04 Å². The maximum Gasteiger partial charge on any atom is 0.121 e. The van der Waals surface area contributed by atoms with E-state index in [4.69, 9.17) is 10.5 Å². The van der Waals surface area contributed by atoms with Gasteiger partial charge >= 0.3 is 0 Å². The molecule has 0 heterocycles. The molecule has 0 fully saturated rings. The van der Waals surface area contributed by atoms with Gasteiger partial charge in [0.05, 0.1) is 7.11 Å². The van der Waals surface area contributed by atoms with Crippen molar-refractivity contribution in [3.05, 3.63) is 29.3 Å². The number of hydrogen-bond donors (Lipinski definition) is 1. The van der Waals surface area contributed by atoms with Crippen LogP contribution < -0.4 is 10.5 Å². The molecule has 16 heavy (non-hydrogen) atoms. The lowest BCUT2D eigenvalue weighted by Crippen LogP contribution is -2.10. The molecule has 1 unspecified atom stereocenters. The molecule has 0 radical (unpaired) electrons. The molecule has 0 aliphatic heterocycles. The summed E-state index contributed by atoms with van der Waals surface area (Å²) in [4.78, 5) is 0. The summed E-state index contributed by atoms with van der Waals surface area (Å²) in [7, 11) is 1.70. The Balaban J connectivity index is 2.62. The summed E-state index contributed by atoms with van der Waals surface area (Å²) in [6.45, 7) is 4.27. The SMILES string of the molecule is CCCCCC(N)c1ccc(OC)c(C)c1. The van der Waals surface area contributed by atoms with E-state index in [0.717, 1.165) is 17.7 Å². The fourth-order valence-corrected chi connectivity index (χ4v) is 1.91. The molecule has 1 aromatic rings. The third-order valence-corrected chi connectivity index (χ3v) is 2.97. The molecule has 2 N–H and O–H groups in total. The summed E-state index contributed by atoms with van der Waals surface area (Å²) in [5.41, 5.74) is 8.53. The monoisotopic (exact) mass is 221 g/mol. The smallest absolute Gasteiger partial charge is 0.121 e. The normalized spacial score (nSPS) is 12.5. The van der Waals surface area contributed by atoms with Crippen molar-refractivity contribution in [3.8, 4) is 5.75 Å². The van der Waals surface area contributed by atoms with Gasteiger partial charge in [0.2, 0.25) is 0 Å². The molecule has 2 nitrogen and oxygen atoms in total. The molecule has 90 valence electrons. The molecule has 2 heteroatoms. The Bertz CT molecular complexity index is 323. The second kappa shape index (κ2) is 6.54. The summed E-state index contributed by atoms with van der Waals surface area (Å²) in [6.07, 6.45) is 4.79. The minimum Gasteiger partial charge on any atom is -0.496 e. The first-order valence-corrected chi connectivity index (χ1v) is 6.09. The van der Waals surface area contributed by atoms with Gasteiger partial charge in [0.25, 0.3) is 0 Å². The molecule has 1 aromatic carbocycles. The summed E-state index contributed by atoms with van der Waals surface area (Å²) < 4.78 is 5.24. The van der Waals surface area contributed by atoms with Crippen LogP contribution in [0.5, 0.6) is 5.75 Å². The van der Waals surface area contributed by atoms with E-state index in [1.165, 1.54) is 24.8 Å². The van der Waals surface area contributed by atoms with Crippen LogP contribution in [0.1, 0.15) is 49.8 Å². The van der Waals surface area contributed by atoms with E-state index in [1.54, 1.807) is 7.11 Å². The molecule has 0 aliphatic rings. The van der Waals surface area contributed by atoms with Crippen LogP contribution in [0.3, 0.4) is 0 Å².